The molecule has 0 fully saturated rings. The Morgan fingerprint density at radius 3 is 2.11 bits per heavy atom. The minimum atomic E-state index is -0.995. The lowest BCUT2D eigenvalue weighted by Gasteiger charge is -2.23. The van der Waals surface area contributed by atoms with E-state index in [1.54, 1.807) is 31.2 Å². The van der Waals surface area contributed by atoms with E-state index in [4.69, 9.17) is 27.1 Å². The first kappa shape index (κ1) is 36.8. The number of carbonyl (C=O) groups excluding carboxylic acids is 3. The summed E-state index contributed by atoms with van der Waals surface area (Å²) in [4.78, 5) is 63.3. The van der Waals surface area contributed by atoms with Crippen molar-refractivity contribution in [2.45, 2.75) is 51.7 Å². The molecule has 2 atom stereocenters. The maximum Gasteiger partial charge on any atom is 0.300 e. The number of carboxylic acids is 1. The number of aliphatic imine (C=N–C) groups is 1. The van der Waals surface area contributed by atoms with Crippen molar-refractivity contribution in [1.29, 1.82) is 0 Å². The van der Waals surface area contributed by atoms with Crippen LogP contribution in [0.1, 0.15) is 37.8 Å². The molecule has 3 amide bonds. The third-order valence-corrected chi connectivity index (χ3v) is 5.98. The van der Waals surface area contributed by atoms with Crippen LogP contribution < -0.4 is 27.8 Å². The number of phenolic OH excluding ortho intramolecular Hbond substituents is 1. The van der Waals surface area contributed by atoms with Crippen LogP contribution in [-0.2, 0) is 32.1 Å². The van der Waals surface area contributed by atoms with Crippen LogP contribution in [-0.4, -0.2) is 81.4 Å². The number of amides is 3. The van der Waals surface area contributed by atoms with Gasteiger partial charge in [-0.15, -0.1) is 0 Å². The fraction of sp³-hybridized carbons (Fsp3) is 0.393. The van der Waals surface area contributed by atoms with Crippen molar-refractivity contribution in [3.8, 4) is 5.75 Å². The molecular formula is C28H40N8O8. The maximum absolute atomic E-state index is 13.0. The van der Waals surface area contributed by atoms with E-state index in [2.05, 4.69) is 15.6 Å². The number of carbonyl (C=O) groups is 4. The maximum atomic E-state index is 13.0. The zero-order valence-corrected chi connectivity index (χ0v) is 24.6. The van der Waals surface area contributed by atoms with Crippen LogP contribution >= 0.6 is 0 Å². The van der Waals surface area contributed by atoms with E-state index in [9.17, 15) is 29.6 Å². The summed E-state index contributed by atoms with van der Waals surface area (Å²) >= 11 is 0. The van der Waals surface area contributed by atoms with E-state index >= 15 is 0 Å². The van der Waals surface area contributed by atoms with Gasteiger partial charge >= 0.3 is 0 Å². The van der Waals surface area contributed by atoms with Gasteiger partial charge in [0.2, 0.25) is 17.7 Å². The molecule has 0 aliphatic heterocycles. The number of carboxylic acid groups (broad SMARTS) is 1. The number of nitro benzene ring substituents is 1. The molecule has 0 saturated heterocycles. The number of hydrogen-bond acceptors (Lipinski definition) is 9. The SMILES string of the molecule is CC(=O)O.CCN(Cc1ccc([N+](=O)[O-])cc1)C(=O)CNC(=O)[C@@H](CCCN=C(N)N)NC(=O)[C@@H](N)Cc1ccc(O)cc1. The minimum absolute atomic E-state index is 0.0545. The summed E-state index contributed by atoms with van der Waals surface area (Å²) in [6.45, 7) is 3.32. The van der Waals surface area contributed by atoms with Gasteiger partial charge in [-0.3, -0.25) is 34.3 Å². The van der Waals surface area contributed by atoms with Crippen LogP contribution in [0.2, 0.25) is 0 Å². The highest BCUT2D eigenvalue weighted by atomic mass is 16.6. The third kappa shape index (κ3) is 14.6. The zero-order valence-electron chi connectivity index (χ0n) is 24.6. The number of nitrogens with one attached hydrogen (secondary N) is 2. The molecular weight excluding hydrogens is 576 g/mol. The molecule has 2 aromatic rings. The van der Waals surface area contributed by atoms with Crippen molar-refractivity contribution in [2.75, 3.05) is 19.6 Å². The van der Waals surface area contributed by atoms with Gasteiger partial charge in [-0.1, -0.05) is 24.3 Å². The van der Waals surface area contributed by atoms with Crippen molar-refractivity contribution < 1.29 is 34.3 Å². The van der Waals surface area contributed by atoms with Gasteiger partial charge in [0.1, 0.15) is 11.8 Å². The first-order valence-corrected chi connectivity index (χ1v) is 13.6. The van der Waals surface area contributed by atoms with Crippen molar-refractivity contribution in [1.82, 2.24) is 15.5 Å². The lowest BCUT2D eigenvalue weighted by atomic mass is 10.0. The number of rotatable bonds is 15. The van der Waals surface area contributed by atoms with E-state index in [-0.39, 0.29) is 55.8 Å². The molecule has 0 heterocycles. The highest BCUT2D eigenvalue weighted by Crippen LogP contribution is 2.14. The number of nitrogens with two attached hydrogens (primary N) is 3. The molecule has 10 N–H and O–H groups in total. The number of aliphatic carboxylic acids is 1. The van der Waals surface area contributed by atoms with Gasteiger partial charge in [-0.05, 0) is 49.4 Å². The van der Waals surface area contributed by atoms with Crippen molar-refractivity contribution in [2.24, 2.45) is 22.2 Å². The Morgan fingerprint density at radius 2 is 1.59 bits per heavy atom. The quantitative estimate of drug-likeness (QED) is 0.0458. The highest BCUT2D eigenvalue weighted by molar-refractivity contribution is 5.92. The van der Waals surface area contributed by atoms with Crippen LogP contribution in [0.15, 0.2) is 53.5 Å². The molecule has 0 bridgehead atoms. The van der Waals surface area contributed by atoms with Gasteiger partial charge in [0, 0.05) is 38.7 Å². The molecule has 0 radical (unpaired) electrons. The average molecular weight is 617 g/mol. The number of guanidine groups is 1. The van der Waals surface area contributed by atoms with Crippen LogP contribution in [0.5, 0.6) is 5.75 Å². The van der Waals surface area contributed by atoms with Gasteiger partial charge in [-0.25, -0.2) is 0 Å². The zero-order chi connectivity index (χ0) is 33.2. The van der Waals surface area contributed by atoms with E-state index in [0.717, 1.165) is 12.5 Å². The minimum Gasteiger partial charge on any atom is -0.508 e. The average Bonchev–Trinajstić information content (AvgIpc) is 2.96. The smallest absolute Gasteiger partial charge is 0.300 e. The van der Waals surface area contributed by atoms with Gasteiger partial charge in [0.25, 0.3) is 11.7 Å². The van der Waals surface area contributed by atoms with Crippen LogP contribution in [0.25, 0.3) is 0 Å². The summed E-state index contributed by atoms with van der Waals surface area (Å²) < 4.78 is 0. The van der Waals surface area contributed by atoms with E-state index in [1.807, 2.05) is 0 Å². The molecule has 0 aromatic heterocycles. The number of benzene rings is 2. The van der Waals surface area contributed by atoms with E-state index in [0.29, 0.717) is 18.5 Å². The summed E-state index contributed by atoms with van der Waals surface area (Å²) in [7, 11) is 0. The number of nitrogens with zero attached hydrogens (tertiary/aromatic N) is 3. The molecule has 16 heteroatoms. The Hall–Kier alpha value is -5.25. The molecule has 240 valence electrons. The van der Waals surface area contributed by atoms with Crippen molar-refractivity contribution in [3.63, 3.8) is 0 Å². The third-order valence-electron chi connectivity index (χ3n) is 5.98. The highest BCUT2D eigenvalue weighted by Gasteiger charge is 2.25. The predicted octanol–water partition coefficient (Wildman–Crippen LogP) is -0.0356. The lowest BCUT2D eigenvalue weighted by molar-refractivity contribution is -0.384. The number of phenols is 1. The Balaban J connectivity index is 0.00000227. The topological polar surface area (TPSA) is 270 Å². The molecule has 2 rings (SSSR count). The standard InChI is InChI=1S/C26H36N8O6.C2H4O2/c1-2-33(16-18-5-9-19(10-6-18)34(39)40)23(36)15-31-25(38)22(4-3-13-30-26(28)29)32-24(37)21(27)14-17-7-11-20(35)12-8-17;1-2(3)4/h5-12,21-22,35H,2-4,13-16,27H2,1H3,(H,31,38)(H,32,37)(H4,28,29,30);1H3,(H,3,4)/t21-,22+;/m0./s1. The Kier molecular flexibility index (Phi) is 15.9. The van der Waals surface area contributed by atoms with Crippen LogP contribution in [0.4, 0.5) is 5.69 Å². The van der Waals surface area contributed by atoms with Crippen molar-refractivity contribution >= 4 is 35.3 Å². The largest absolute Gasteiger partial charge is 0.508 e. The first-order valence-electron chi connectivity index (χ1n) is 13.6. The van der Waals surface area contributed by atoms with E-state index in [1.165, 1.54) is 29.2 Å². The summed E-state index contributed by atoms with van der Waals surface area (Å²) in [5.41, 5.74) is 18.1. The first-order chi connectivity index (χ1) is 20.7. The summed E-state index contributed by atoms with van der Waals surface area (Å²) in [5, 5.41) is 32.9. The van der Waals surface area contributed by atoms with E-state index < -0.39 is 34.8 Å². The number of aromatic hydroxyl groups is 1. The van der Waals surface area contributed by atoms with Gasteiger partial charge < -0.3 is 42.9 Å². The molecule has 44 heavy (non-hydrogen) atoms. The van der Waals surface area contributed by atoms with Gasteiger partial charge in [0.15, 0.2) is 5.96 Å². The molecule has 0 spiro atoms. The Labute approximate surface area is 254 Å². The number of nitro groups is 1. The number of hydrogen-bond donors (Lipinski definition) is 7. The number of likely N-dealkylation sites (N-methyl/N-ethyl adjacent to an activating group) is 1. The predicted molar refractivity (Wildman–Crippen MR) is 162 cm³/mol. The molecule has 0 aliphatic rings. The second-order valence-corrected chi connectivity index (χ2v) is 9.56. The van der Waals surface area contributed by atoms with Crippen LogP contribution in [0, 0.1) is 10.1 Å². The molecule has 2 aromatic carbocycles. The monoisotopic (exact) mass is 616 g/mol. The second kappa shape index (κ2) is 19.0. The normalized spacial score (nSPS) is 11.5. The molecule has 0 unspecified atom stereocenters. The second-order valence-electron chi connectivity index (χ2n) is 9.56. The Bertz CT molecular complexity index is 1280. The summed E-state index contributed by atoms with van der Waals surface area (Å²) in [6, 6.07) is 10.1. The molecule has 16 nitrogen and oxygen atoms in total. The summed E-state index contributed by atoms with van der Waals surface area (Å²) in [5.74, 6) is -2.35. The molecule has 0 saturated carbocycles. The fourth-order valence-electron chi connectivity index (χ4n) is 3.75. The molecule has 0 aliphatic carbocycles. The Morgan fingerprint density at radius 1 is 1.02 bits per heavy atom. The van der Waals surface area contributed by atoms with Crippen LogP contribution in [0.3, 0.4) is 0 Å². The van der Waals surface area contributed by atoms with Crippen molar-refractivity contribution in [3.05, 3.63) is 69.8 Å². The number of non-ortho nitro benzene ring substituents is 1. The van der Waals surface area contributed by atoms with Gasteiger partial charge in [0.05, 0.1) is 17.5 Å². The fourth-order valence-corrected chi connectivity index (χ4v) is 3.75. The summed E-state index contributed by atoms with van der Waals surface area (Å²) in [6.07, 6.45) is 0.744. The van der Waals surface area contributed by atoms with Gasteiger partial charge in [-0.2, -0.15) is 0 Å². The lowest BCUT2D eigenvalue weighted by Crippen LogP contribution is -2.53.